The Balaban J connectivity index is 1.52. The minimum Gasteiger partial charge on any atom is -0.315 e. The van der Waals surface area contributed by atoms with Crippen LogP contribution < -0.4 is 10.9 Å². The Labute approximate surface area is 172 Å². The molecule has 0 fully saturated rings. The highest BCUT2D eigenvalue weighted by Gasteiger charge is 2.14. The van der Waals surface area contributed by atoms with E-state index in [1.54, 1.807) is 25.2 Å². The quantitative estimate of drug-likeness (QED) is 0.531. The number of amides is 1. The Morgan fingerprint density at radius 2 is 2.00 bits per heavy atom. The predicted octanol–water partition coefficient (Wildman–Crippen LogP) is 3.20. The number of imidazole rings is 1. The SMILES string of the molecule is Cn1cnc2ncn(CC(=O)Nc3nc(-c4ccc(Cl)c(Cl)c4)cs3)c2c1=O. The lowest BCUT2D eigenvalue weighted by atomic mass is 10.2. The van der Waals surface area contributed by atoms with Gasteiger partial charge in [0.15, 0.2) is 16.3 Å². The third kappa shape index (κ3) is 3.51. The fourth-order valence-electron chi connectivity index (χ4n) is 2.60. The van der Waals surface area contributed by atoms with E-state index in [9.17, 15) is 9.59 Å². The fourth-order valence-corrected chi connectivity index (χ4v) is 3.63. The van der Waals surface area contributed by atoms with E-state index in [1.165, 1.54) is 33.1 Å². The summed E-state index contributed by atoms with van der Waals surface area (Å²) in [6.07, 6.45) is 2.81. The van der Waals surface area contributed by atoms with E-state index in [0.717, 1.165) is 5.56 Å². The van der Waals surface area contributed by atoms with Crippen molar-refractivity contribution in [3.05, 3.63) is 56.6 Å². The van der Waals surface area contributed by atoms with Crippen molar-refractivity contribution in [2.75, 3.05) is 5.32 Å². The van der Waals surface area contributed by atoms with Crippen LogP contribution in [0.25, 0.3) is 22.4 Å². The van der Waals surface area contributed by atoms with Gasteiger partial charge in [0.05, 0.1) is 28.4 Å². The number of nitrogens with one attached hydrogen (secondary N) is 1. The summed E-state index contributed by atoms with van der Waals surface area (Å²) >= 11 is 13.3. The summed E-state index contributed by atoms with van der Waals surface area (Å²) in [7, 11) is 1.59. The second kappa shape index (κ2) is 7.34. The van der Waals surface area contributed by atoms with Crippen molar-refractivity contribution in [3.63, 3.8) is 0 Å². The normalized spacial score (nSPS) is 11.1. The van der Waals surface area contributed by atoms with Gasteiger partial charge in [0.25, 0.3) is 5.56 Å². The summed E-state index contributed by atoms with van der Waals surface area (Å²) < 4.78 is 2.80. The van der Waals surface area contributed by atoms with Gasteiger partial charge in [0.1, 0.15) is 6.54 Å². The number of benzene rings is 1. The molecule has 8 nitrogen and oxygen atoms in total. The predicted molar refractivity (Wildman–Crippen MR) is 109 cm³/mol. The number of hydrogen-bond acceptors (Lipinski definition) is 6. The molecule has 0 atom stereocenters. The van der Waals surface area contributed by atoms with E-state index in [4.69, 9.17) is 23.2 Å². The molecule has 1 aromatic carbocycles. The highest BCUT2D eigenvalue weighted by Crippen LogP contribution is 2.30. The number of nitrogens with zero attached hydrogens (tertiary/aromatic N) is 5. The number of fused-ring (bicyclic) bond motifs is 1. The maximum absolute atomic E-state index is 12.4. The second-order valence-electron chi connectivity index (χ2n) is 5.92. The molecule has 1 amide bonds. The summed E-state index contributed by atoms with van der Waals surface area (Å²) in [4.78, 5) is 37.2. The van der Waals surface area contributed by atoms with E-state index >= 15 is 0 Å². The summed E-state index contributed by atoms with van der Waals surface area (Å²) in [5.41, 5.74) is 1.76. The molecule has 142 valence electrons. The van der Waals surface area contributed by atoms with Crippen LogP contribution in [0.5, 0.6) is 0 Å². The second-order valence-corrected chi connectivity index (χ2v) is 7.59. The number of halogens is 2. The van der Waals surface area contributed by atoms with Crippen molar-refractivity contribution in [1.29, 1.82) is 0 Å². The van der Waals surface area contributed by atoms with Crippen LogP contribution in [-0.4, -0.2) is 30.0 Å². The smallest absolute Gasteiger partial charge is 0.279 e. The molecule has 0 saturated carbocycles. The van der Waals surface area contributed by atoms with Gasteiger partial charge in [-0.1, -0.05) is 29.3 Å². The third-order valence-electron chi connectivity index (χ3n) is 3.97. The van der Waals surface area contributed by atoms with Gasteiger partial charge in [0.2, 0.25) is 5.91 Å². The number of carbonyl (C=O) groups excluding carboxylic acids is 1. The minimum absolute atomic E-state index is 0.0842. The van der Waals surface area contributed by atoms with Crippen molar-refractivity contribution < 1.29 is 4.79 Å². The van der Waals surface area contributed by atoms with Crippen LogP contribution in [-0.2, 0) is 18.4 Å². The van der Waals surface area contributed by atoms with Gasteiger partial charge in [0, 0.05) is 18.0 Å². The summed E-state index contributed by atoms with van der Waals surface area (Å²) in [5, 5.41) is 5.86. The Morgan fingerprint density at radius 1 is 1.21 bits per heavy atom. The first-order valence-electron chi connectivity index (χ1n) is 7.99. The molecule has 0 aliphatic rings. The summed E-state index contributed by atoms with van der Waals surface area (Å²) in [5.74, 6) is -0.333. The van der Waals surface area contributed by atoms with Crippen LogP contribution in [0.1, 0.15) is 0 Å². The van der Waals surface area contributed by atoms with Gasteiger partial charge in [-0.3, -0.25) is 9.59 Å². The monoisotopic (exact) mass is 434 g/mol. The third-order valence-corrected chi connectivity index (χ3v) is 5.47. The van der Waals surface area contributed by atoms with Crippen molar-refractivity contribution in [3.8, 4) is 11.3 Å². The summed E-state index contributed by atoms with van der Waals surface area (Å²) in [6, 6.07) is 5.20. The topological polar surface area (TPSA) is 94.7 Å². The summed E-state index contributed by atoms with van der Waals surface area (Å²) in [6.45, 7) is -0.0842. The average Bonchev–Trinajstić information content (AvgIpc) is 3.28. The number of anilines is 1. The lowest BCUT2D eigenvalue weighted by Crippen LogP contribution is -2.23. The zero-order valence-electron chi connectivity index (χ0n) is 14.4. The first-order chi connectivity index (χ1) is 13.4. The molecule has 3 aromatic heterocycles. The van der Waals surface area contributed by atoms with Gasteiger partial charge in [-0.25, -0.2) is 15.0 Å². The number of carbonyl (C=O) groups is 1. The van der Waals surface area contributed by atoms with E-state index < -0.39 is 0 Å². The van der Waals surface area contributed by atoms with Gasteiger partial charge >= 0.3 is 0 Å². The maximum atomic E-state index is 12.4. The number of thiazole rings is 1. The minimum atomic E-state index is -0.333. The van der Waals surface area contributed by atoms with E-state index in [-0.39, 0.29) is 23.5 Å². The lowest BCUT2D eigenvalue weighted by Gasteiger charge is -2.04. The van der Waals surface area contributed by atoms with Gasteiger partial charge in [-0.2, -0.15) is 0 Å². The number of rotatable bonds is 4. The molecule has 0 aliphatic heterocycles. The van der Waals surface area contributed by atoms with Gasteiger partial charge in [-0.15, -0.1) is 11.3 Å². The van der Waals surface area contributed by atoms with Crippen molar-refractivity contribution in [2.45, 2.75) is 6.54 Å². The Kier molecular flexibility index (Phi) is 4.88. The molecule has 0 bridgehead atoms. The van der Waals surface area contributed by atoms with E-state index in [2.05, 4.69) is 20.3 Å². The zero-order chi connectivity index (χ0) is 19.8. The first-order valence-corrected chi connectivity index (χ1v) is 9.63. The fraction of sp³-hybridized carbons (Fsp3) is 0.118. The maximum Gasteiger partial charge on any atom is 0.279 e. The molecule has 28 heavy (non-hydrogen) atoms. The number of aryl methyl sites for hydroxylation is 1. The molecule has 11 heteroatoms. The van der Waals surface area contributed by atoms with Gasteiger partial charge < -0.3 is 14.5 Å². The molecule has 3 heterocycles. The van der Waals surface area contributed by atoms with E-state index in [0.29, 0.717) is 26.5 Å². The molecular weight excluding hydrogens is 423 g/mol. The molecular formula is C17H12Cl2N6O2S. The Morgan fingerprint density at radius 3 is 2.79 bits per heavy atom. The van der Waals surface area contributed by atoms with Crippen molar-refractivity contribution >= 4 is 56.7 Å². The Bertz CT molecular complexity index is 1260. The molecule has 4 rings (SSSR count). The molecule has 1 N–H and O–H groups in total. The van der Waals surface area contributed by atoms with Crippen molar-refractivity contribution in [2.24, 2.45) is 7.05 Å². The van der Waals surface area contributed by atoms with Crippen LogP contribution in [0.4, 0.5) is 5.13 Å². The first kappa shape index (κ1) is 18.6. The number of aromatic nitrogens is 5. The molecule has 0 unspecified atom stereocenters. The van der Waals surface area contributed by atoms with Gasteiger partial charge in [-0.05, 0) is 12.1 Å². The average molecular weight is 435 g/mol. The molecule has 0 saturated heterocycles. The Hall–Kier alpha value is -2.75. The molecule has 0 aliphatic carbocycles. The lowest BCUT2D eigenvalue weighted by molar-refractivity contribution is -0.116. The number of hydrogen-bond donors (Lipinski definition) is 1. The van der Waals surface area contributed by atoms with Crippen LogP contribution in [0.2, 0.25) is 10.0 Å². The van der Waals surface area contributed by atoms with Crippen LogP contribution >= 0.6 is 34.5 Å². The highest BCUT2D eigenvalue weighted by molar-refractivity contribution is 7.14. The van der Waals surface area contributed by atoms with E-state index in [1.807, 2.05) is 5.38 Å². The molecule has 4 aromatic rings. The zero-order valence-corrected chi connectivity index (χ0v) is 16.7. The standard InChI is InChI=1S/C17H12Cl2N6O2S/c1-24-7-20-15-14(16(24)27)25(8-21-15)5-13(26)23-17-22-12(6-28-17)9-2-3-10(18)11(19)4-9/h2-4,6-8H,5H2,1H3,(H,22,23,26). The van der Waals surface area contributed by atoms with Crippen LogP contribution in [0.3, 0.4) is 0 Å². The van der Waals surface area contributed by atoms with Crippen molar-refractivity contribution in [1.82, 2.24) is 24.1 Å². The van der Waals surface area contributed by atoms with Crippen LogP contribution in [0.15, 0.2) is 41.0 Å². The largest absolute Gasteiger partial charge is 0.315 e. The highest BCUT2D eigenvalue weighted by atomic mass is 35.5. The molecule has 0 spiro atoms. The van der Waals surface area contributed by atoms with Crippen LogP contribution in [0, 0.1) is 0 Å². The molecule has 0 radical (unpaired) electrons.